The zero-order valence-electron chi connectivity index (χ0n) is 8.00. The number of aryl methyl sites for hydroxylation is 1. The van der Waals surface area contributed by atoms with Gasteiger partial charge >= 0.3 is 0 Å². The molecular weight excluding hydrogens is 162 g/mol. The maximum absolute atomic E-state index is 5.25. The number of benzene rings is 1. The molecule has 68 valence electrons. The molecule has 0 unspecified atom stereocenters. The second-order valence-electron chi connectivity index (χ2n) is 3.31. The molecule has 0 fully saturated rings. The number of fused-ring (bicyclic) bond motifs is 1. The summed E-state index contributed by atoms with van der Waals surface area (Å²) in [6.07, 6.45) is 2.98. The maximum Gasteiger partial charge on any atom is 0.122 e. The van der Waals surface area contributed by atoms with Crippen LogP contribution in [0.3, 0.4) is 0 Å². The van der Waals surface area contributed by atoms with Crippen molar-refractivity contribution in [2.75, 3.05) is 13.7 Å². The number of hydrogen-bond acceptors (Lipinski definition) is 2. The Morgan fingerprint density at radius 2 is 2.23 bits per heavy atom. The molecule has 0 saturated heterocycles. The third-order valence-corrected chi connectivity index (χ3v) is 2.40. The second-order valence-corrected chi connectivity index (χ2v) is 3.31. The van der Waals surface area contributed by atoms with E-state index in [-0.39, 0.29) is 0 Å². The van der Waals surface area contributed by atoms with Crippen molar-refractivity contribution < 1.29 is 4.74 Å². The van der Waals surface area contributed by atoms with Crippen LogP contribution in [0.4, 0.5) is 0 Å². The molecule has 0 spiro atoms. The molecule has 13 heavy (non-hydrogen) atoms. The minimum absolute atomic E-state index is 0.915. The Bertz CT molecular complexity index is 355. The molecule has 0 aliphatic carbocycles. The fourth-order valence-electron chi connectivity index (χ4n) is 1.67. The highest BCUT2D eigenvalue weighted by molar-refractivity contribution is 5.83. The van der Waals surface area contributed by atoms with E-state index in [1.54, 1.807) is 7.11 Å². The summed E-state index contributed by atoms with van der Waals surface area (Å²) in [6.45, 7) is 2.99. The lowest BCUT2D eigenvalue weighted by molar-refractivity contribution is 0.411. The molecule has 0 N–H and O–H groups in total. The fraction of sp³-hybridized carbons (Fsp3) is 0.364. The lowest BCUT2D eigenvalue weighted by Crippen LogP contribution is -2.04. The van der Waals surface area contributed by atoms with Crippen LogP contribution in [0.5, 0.6) is 5.75 Å². The number of hydrogen-bond donors (Lipinski definition) is 0. The van der Waals surface area contributed by atoms with Gasteiger partial charge in [-0.15, -0.1) is 0 Å². The van der Waals surface area contributed by atoms with Crippen LogP contribution < -0.4 is 4.74 Å². The highest BCUT2D eigenvalue weighted by atomic mass is 16.5. The molecule has 0 aromatic heterocycles. The van der Waals surface area contributed by atoms with Gasteiger partial charge in [-0.05, 0) is 36.1 Å². The third-order valence-electron chi connectivity index (χ3n) is 2.40. The van der Waals surface area contributed by atoms with Crippen LogP contribution in [0, 0.1) is 6.92 Å². The van der Waals surface area contributed by atoms with Crippen LogP contribution in [-0.4, -0.2) is 19.9 Å². The van der Waals surface area contributed by atoms with Crippen LogP contribution in [0.2, 0.25) is 0 Å². The summed E-state index contributed by atoms with van der Waals surface area (Å²) in [4.78, 5) is 4.24. The van der Waals surface area contributed by atoms with Gasteiger partial charge in [0.05, 0.1) is 7.11 Å². The van der Waals surface area contributed by atoms with E-state index in [9.17, 15) is 0 Å². The molecule has 1 aliphatic heterocycles. The zero-order chi connectivity index (χ0) is 9.26. The summed E-state index contributed by atoms with van der Waals surface area (Å²) < 4.78 is 5.25. The van der Waals surface area contributed by atoms with Gasteiger partial charge in [0, 0.05) is 12.8 Å². The van der Waals surface area contributed by atoms with Gasteiger partial charge in [0.2, 0.25) is 0 Å². The van der Waals surface area contributed by atoms with E-state index in [1.807, 2.05) is 6.21 Å². The average molecular weight is 175 g/mol. The molecule has 1 aromatic carbocycles. The number of aliphatic imine (C=N–C) groups is 1. The molecule has 2 nitrogen and oxygen atoms in total. The number of rotatable bonds is 1. The molecule has 0 atom stereocenters. The first-order valence-corrected chi connectivity index (χ1v) is 4.48. The molecular formula is C11H13NO. The van der Waals surface area contributed by atoms with Crippen LogP contribution in [0.15, 0.2) is 17.1 Å². The Morgan fingerprint density at radius 3 is 3.00 bits per heavy atom. The van der Waals surface area contributed by atoms with Gasteiger partial charge in [-0.3, -0.25) is 4.99 Å². The maximum atomic E-state index is 5.25. The van der Waals surface area contributed by atoms with Crippen LogP contribution in [-0.2, 0) is 6.42 Å². The molecule has 2 rings (SSSR count). The molecule has 0 bridgehead atoms. The zero-order valence-corrected chi connectivity index (χ0v) is 8.00. The van der Waals surface area contributed by atoms with Crippen molar-refractivity contribution in [2.24, 2.45) is 4.99 Å². The van der Waals surface area contributed by atoms with Crippen LogP contribution in [0.25, 0.3) is 0 Å². The average Bonchev–Trinajstić information content (AvgIpc) is 2.17. The van der Waals surface area contributed by atoms with Gasteiger partial charge in [-0.2, -0.15) is 0 Å². The van der Waals surface area contributed by atoms with Crippen molar-refractivity contribution in [3.8, 4) is 5.75 Å². The molecule has 1 heterocycles. The summed E-state index contributed by atoms with van der Waals surface area (Å²) in [7, 11) is 1.70. The Morgan fingerprint density at radius 1 is 1.38 bits per heavy atom. The smallest absolute Gasteiger partial charge is 0.122 e. The lowest BCUT2D eigenvalue weighted by atomic mass is 10.00. The molecule has 2 heteroatoms. The van der Waals surface area contributed by atoms with Crippen molar-refractivity contribution in [3.05, 3.63) is 28.8 Å². The summed E-state index contributed by atoms with van der Waals surface area (Å²) in [6, 6.07) is 4.26. The summed E-state index contributed by atoms with van der Waals surface area (Å²) in [5.41, 5.74) is 3.79. The fourth-order valence-corrected chi connectivity index (χ4v) is 1.67. The predicted octanol–water partition coefficient (Wildman–Crippen LogP) is 1.98. The number of methoxy groups -OCH3 is 1. The normalized spacial score (nSPS) is 14.0. The quantitative estimate of drug-likeness (QED) is 0.639. The lowest BCUT2D eigenvalue weighted by Gasteiger charge is -2.13. The molecule has 1 aromatic rings. The Balaban J connectivity index is 2.52. The molecule has 0 saturated carbocycles. The Hall–Kier alpha value is -1.31. The Labute approximate surface area is 78.3 Å². The van der Waals surface area contributed by atoms with Crippen LogP contribution >= 0.6 is 0 Å². The van der Waals surface area contributed by atoms with Gasteiger partial charge in [-0.25, -0.2) is 0 Å². The second kappa shape index (κ2) is 3.21. The van der Waals surface area contributed by atoms with E-state index in [0.717, 1.165) is 18.7 Å². The first-order valence-electron chi connectivity index (χ1n) is 4.48. The Kier molecular flexibility index (Phi) is 2.05. The van der Waals surface area contributed by atoms with Gasteiger partial charge in [0.1, 0.15) is 5.75 Å². The van der Waals surface area contributed by atoms with Gasteiger partial charge in [0.15, 0.2) is 0 Å². The highest BCUT2D eigenvalue weighted by Crippen LogP contribution is 2.23. The highest BCUT2D eigenvalue weighted by Gasteiger charge is 2.08. The van der Waals surface area contributed by atoms with Crippen molar-refractivity contribution in [2.45, 2.75) is 13.3 Å². The van der Waals surface area contributed by atoms with E-state index in [1.165, 1.54) is 16.7 Å². The summed E-state index contributed by atoms with van der Waals surface area (Å²) >= 11 is 0. The summed E-state index contributed by atoms with van der Waals surface area (Å²) in [5.74, 6) is 0.951. The predicted molar refractivity (Wildman–Crippen MR) is 53.9 cm³/mol. The standard InChI is InChI=1S/C11H13NO/c1-8-5-9-3-4-12-7-10(9)6-11(8)13-2/h5-7H,3-4H2,1-2H3. The van der Waals surface area contributed by atoms with Crippen molar-refractivity contribution >= 4 is 6.21 Å². The third kappa shape index (κ3) is 1.44. The van der Waals surface area contributed by atoms with Crippen LogP contribution in [0.1, 0.15) is 16.7 Å². The van der Waals surface area contributed by atoms with E-state index >= 15 is 0 Å². The topological polar surface area (TPSA) is 21.6 Å². The number of nitrogens with zero attached hydrogens (tertiary/aromatic N) is 1. The monoisotopic (exact) mass is 175 g/mol. The minimum Gasteiger partial charge on any atom is -0.496 e. The van der Waals surface area contributed by atoms with Gasteiger partial charge in [0.25, 0.3) is 0 Å². The first kappa shape index (κ1) is 8.30. The summed E-state index contributed by atoms with van der Waals surface area (Å²) in [5, 5.41) is 0. The van der Waals surface area contributed by atoms with E-state index < -0.39 is 0 Å². The SMILES string of the molecule is COc1cc2c(cc1C)CCN=C2. The van der Waals surface area contributed by atoms with E-state index in [4.69, 9.17) is 4.74 Å². The van der Waals surface area contributed by atoms with Crippen molar-refractivity contribution in [1.82, 2.24) is 0 Å². The van der Waals surface area contributed by atoms with Crippen molar-refractivity contribution in [3.63, 3.8) is 0 Å². The van der Waals surface area contributed by atoms with E-state index in [0.29, 0.717) is 0 Å². The molecule has 1 aliphatic rings. The van der Waals surface area contributed by atoms with E-state index in [2.05, 4.69) is 24.0 Å². The molecule has 0 amide bonds. The first-order chi connectivity index (χ1) is 6.31. The number of ether oxygens (including phenoxy) is 1. The van der Waals surface area contributed by atoms with Gasteiger partial charge < -0.3 is 4.74 Å². The molecule has 0 radical (unpaired) electrons. The minimum atomic E-state index is 0.915. The largest absolute Gasteiger partial charge is 0.496 e. The van der Waals surface area contributed by atoms with Gasteiger partial charge in [-0.1, -0.05) is 6.07 Å². The van der Waals surface area contributed by atoms with Crippen molar-refractivity contribution in [1.29, 1.82) is 0 Å².